The summed E-state index contributed by atoms with van der Waals surface area (Å²) in [6.07, 6.45) is 0. The van der Waals surface area contributed by atoms with E-state index in [1.807, 2.05) is 0 Å². The van der Waals surface area contributed by atoms with Gasteiger partial charge in [0.05, 0.1) is 11.0 Å². The third-order valence-electron chi connectivity index (χ3n) is 10.3. The molecule has 0 aliphatic heterocycles. The van der Waals surface area contributed by atoms with E-state index in [1.54, 1.807) is 0 Å². The monoisotopic (exact) mass is 662 g/mol. The van der Waals surface area contributed by atoms with Crippen molar-refractivity contribution in [2.45, 2.75) is 0 Å². The summed E-state index contributed by atoms with van der Waals surface area (Å²) in [6.45, 7) is 0. The van der Waals surface area contributed by atoms with E-state index in [-0.39, 0.29) is 0 Å². The van der Waals surface area contributed by atoms with Crippen molar-refractivity contribution < 1.29 is 0 Å². The smallest absolute Gasteiger partial charge is 0.0547 e. The normalized spacial score (nSPS) is 11.5. The van der Waals surface area contributed by atoms with Crippen LogP contribution in [0.15, 0.2) is 206 Å². The number of rotatable bonds is 6. The van der Waals surface area contributed by atoms with Gasteiger partial charge < -0.3 is 9.47 Å². The molecule has 10 rings (SSSR count). The van der Waals surface area contributed by atoms with Crippen molar-refractivity contribution in [1.29, 1.82) is 0 Å². The maximum absolute atomic E-state index is 2.40. The van der Waals surface area contributed by atoms with E-state index >= 15 is 0 Å². The molecule has 9 aromatic carbocycles. The maximum Gasteiger partial charge on any atom is 0.0547 e. The van der Waals surface area contributed by atoms with Gasteiger partial charge in [-0.1, -0.05) is 133 Å². The fraction of sp³-hybridized carbons (Fsp3) is 0. The molecule has 0 spiro atoms. The minimum Gasteiger partial charge on any atom is -0.310 e. The van der Waals surface area contributed by atoms with Gasteiger partial charge in [-0.05, 0) is 117 Å². The van der Waals surface area contributed by atoms with Gasteiger partial charge in [-0.2, -0.15) is 0 Å². The highest BCUT2D eigenvalue weighted by Crippen LogP contribution is 2.39. The van der Waals surface area contributed by atoms with Crippen molar-refractivity contribution in [1.82, 2.24) is 4.57 Å². The molecule has 0 unspecified atom stereocenters. The Morgan fingerprint density at radius 2 is 0.808 bits per heavy atom. The molecule has 2 nitrogen and oxygen atoms in total. The average molecular weight is 663 g/mol. The summed E-state index contributed by atoms with van der Waals surface area (Å²) in [6, 6.07) is 74.6. The van der Waals surface area contributed by atoms with Gasteiger partial charge in [0, 0.05) is 33.5 Å². The minimum atomic E-state index is 1.12. The van der Waals surface area contributed by atoms with Crippen LogP contribution in [-0.4, -0.2) is 4.57 Å². The van der Waals surface area contributed by atoms with E-state index in [9.17, 15) is 0 Å². The van der Waals surface area contributed by atoms with Gasteiger partial charge in [-0.3, -0.25) is 0 Å². The Labute approximate surface area is 303 Å². The van der Waals surface area contributed by atoms with Crippen molar-refractivity contribution >= 4 is 60.4 Å². The topological polar surface area (TPSA) is 8.17 Å². The number of fused-ring (bicyclic) bond motifs is 5. The lowest BCUT2D eigenvalue weighted by Gasteiger charge is -2.26. The van der Waals surface area contributed by atoms with E-state index in [1.165, 1.54) is 65.6 Å². The molecule has 52 heavy (non-hydrogen) atoms. The number of hydrogen-bond acceptors (Lipinski definition) is 1. The van der Waals surface area contributed by atoms with E-state index in [0.717, 1.165) is 22.7 Å². The van der Waals surface area contributed by atoms with E-state index in [2.05, 4.69) is 216 Å². The zero-order chi connectivity index (χ0) is 34.4. The van der Waals surface area contributed by atoms with E-state index < -0.39 is 0 Å². The van der Waals surface area contributed by atoms with Gasteiger partial charge >= 0.3 is 0 Å². The fourth-order valence-corrected chi connectivity index (χ4v) is 7.75. The molecule has 244 valence electrons. The van der Waals surface area contributed by atoms with Crippen LogP contribution in [0.25, 0.3) is 71.3 Å². The molecule has 0 aliphatic carbocycles. The fourth-order valence-electron chi connectivity index (χ4n) is 7.75. The first-order valence-electron chi connectivity index (χ1n) is 17.8. The van der Waals surface area contributed by atoms with Gasteiger partial charge in [0.15, 0.2) is 0 Å². The standard InChI is InChI=1S/C50H34N2/c1-3-11-35(12-4-1)36-21-26-44(27-22-36)51(43-15-5-2-6-16-43)46-30-25-41-31-40(19-20-42(41)32-46)37-23-28-45(29-24-37)52-49-18-10-9-17-47(49)48-33-38-13-7-8-14-39(38)34-50(48)52/h1-34H. The maximum atomic E-state index is 2.40. The predicted molar refractivity (Wildman–Crippen MR) is 221 cm³/mol. The second kappa shape index (κ2) is 12.5. The molecule has 0 amide bonds. The van der Waals surface area contributed by atoms with Crippen LogP contribution in [0.5, 0.6) is 0 Å². The van der Waals surface area contributed by atoms with Crippen molar-refractivity contribution in [2.75, 3.05) is 4.90 Å². The van der Waals surface area contributed by atoms with Crippen molar-refractivity contribution in [3.63, 3.8) is 0 Å². The summed E-state index contributed by atoms with van der Waals surface area (Å²) < 4.78 is 2.40. The molecule has 0 bridgehead atoms. The lowest BCUT2D eigenvalue weighted by atomic mass is 10.00. The van der Waals surface area contributed by atoms with Crippen LogP contribution >= 0.6 is 0 Å². The number of benzene rings is 9. The Morgan fingerprint density at radius 1 is 0.288 bits per heavy atom. The lowest BCUT2D eigenvalue weighted by molar-refractivity contribution is 1.18. The minimum absolute atomic E-state index is 1.12. The first kappa shape index (κ1) is 30.0. The van der Waals surface area contributed by atoms with Crippen LogP contribution < -0.4 is 4.90 Å². The molecular weight excluding hydrogens is 629 g/mol. The predicted octanol–water partition coefficient (Wildman–Crippen LogP) is 13.9. The number of anilines is 3. The molecular formula is C50H34N2. The highest BCUT2D eigenvalue weighted by molar-refractivity contribution is 6.13. The summed E-state index contributed by atoms with van der Waals surface area (Å²) >= 11 is 0. The average Bonchev–Trinajstić information content (AvgIpc) is 3.54. The molecule has 2 heteroatoms. The zero-order valence-corrected chi connectivity index (χ0v) is 28.5. The Bertz CT molecular complexity index is 2870. The molecule has 0 fully saturated rings. The Morgan fingerprint density at radius 3 is 1.60 bits per heavy atom. The number of nitrogens with zero attached hydrogens (tertiary/aromatic N) is 2. The van der Waals surface area contributed by atoms with E-state index in [4.69, 9.17) is 0 Å². The Hall–Kier alpha value is -6.90. The third kappa shape index (κ3) is 5.21. The number of para-hydroxylation sites is 2. The summed E-state index contributed by atoms with van der Waals surface area (Å²) in [4.78, 5) is 2.33. The highest BCUT2D eigenvalue weighted by Gasteiger charge is 2.15. The molecule has 10 aromatic rings. The van der Waals surface area contributed by atoms with Crippen LogP contribution in [0.1, 0.15) is 0 Å². The molecule has 0 radical (unpaired) electrons. The zero-order valence-electron chi connectivity index (χ0n) is 28.5. The first-order chi connectivity index (χ1) is 25.8. The van der Waals surface area contributed by atoms with Crippen LogP contribution in [0, 0.1) is 0 Å². The largest absolute Gasteiger partial charge is 0.310 e. The Kier molecular flexibility index (Phi) is 7.18. The van der Waals surface area contributed by atoms with Gasteiger partial charge in [-0.25, -0.2) is 0 Å². The SMILES string of the molecule is c1ccc(-c2ccc(N(c3ccccc3)c3ccc4cc(-c5ccc(-n6c7ccccc7c7cc8ccccc8cc76)cc5)ccc4c3)cc2)cc1. The quantitative estimate of drug-likeness (QED) is 0.172. The summed E-state index contributed by atoms with van der Waals surface area (Å²) in [7, 11) is 0. The summed E-state index contributed by atoms with van der Waals surface area (Å²) in [5, 5.41) is 7.49. The van der Waals surface area contributed by atoms with Crippen LogP contribution in [0.2, 0.25) is 0 Å². The molecule has 1 aromatic heterocycles. The summed E-state index contributed by atoms with van der Waals surface area (Å²) in [5.41, 5.74) is 11.8. The molecule has 1 heterocycles. The van der Waals surface area contributed by atoms with Crippen molar-refractivity contribution in [2.24, 2.45) is 0 Å². The Balaban J connectivity index is 0.995. The molecule has 0 saturated heterocycles. The molecule has 0 N–H and O–H groups in total. The van der Waals surface area contributed by atoms with E-state index in [0.29, 0.717) is 0 Å². The molecule has 0 aliphatic rings. The second-order valence-electron chi connectivity index (χ2n) is 13.4. The lowest BCUT2D eigenvalue weighted by Crippen LogP contribution is -2.09. The second-order valence-corrected chi connectivity index (χ2v) is 13.4. The molecule has 0 atom stereocenters. The summed E-state index contributed by atoms with van der Waals surface area (Å²) in [5.74, 6) is 0. The van der Waals surface area contributed by atoms with Gasteiger partial charge in [-0.15, -0.1) is 0 Å². The van der Waals surface area contributed by atoms with Crippen LogP contribution in [0.4, 0.5) is 17.1 Å². The van der Waals surface area contributed by atoms with Crippen molar-refractivity contribution in [3.05, 3.63) is 206 Å². The van der Waals surface area contributed by atoms with Crippen molar-refractivity contribution in [3.8, 4) is 27.9 Å². The highest BCUT2D eigenvalue weighted by atomic mass is 15.1. The molecule has 0 saturated carbocycles. The first-order valence-corrected chi connectivity index (χ1v) is 17.8. The van der Waals surface area contributed by atoms with Gasteiger partial charge in [0.1, 0.15) is 0 Å². The number of hydrogen-bond donors (Lipinski definition) is 0. The van der Waals surface area contributed by atoms with Gasteiger partial charge in [0.2, 0.25) is 0 Å². The number of aromatic nitrogens is 1. The van der Waals surface area contributed by atoms with Gasteiger partial charge in [0.25, 0.3) is 0 Å². The van der Waals surface area contributed by atoms with Crippen LogP contribution in [0.3, 0.4) is 0 Å². The third-order valence-corrected chi connectivity index (χ3v) is 10.3. The van der Waals surface area contributed by atoms with Crippen LogP contribution in [-0.2, 0) is 0 Å².